The largest absolute Gasteiger partial charge is 0.333 e. The molecule has 0 fully saturated rings. The highest BCUT2D eigenvalue weighted by Gasteiger charge is 1.92. The molecule has 0 aromatic carbocycles. The van der Waals surface area contributed by atoms with Crippen molar-refractivity contribution >= 4 is 0 Å². The summed E-state index contributed by atoms with van der Waals surface area (Å²) in [6, 6.07) is 0. The minimum atomic E-state index is 0.750. The number of hydrogen-bond acceptors (Lipinski definition) is 1. The molecule has 0 aromatic heterocycles. The van der Waals surface area contributed by atoms with Gasteiger partial charge in [-0.3, -0.25) is 0 Å². The Labute approximate surface area is 58.9 Å². The highest BCUT2D eigenvalue weighted by atomic mass is 14.4. The molecule has 1 nitrogen and oxygen atoms in total. The standard InChI is InChI=1S/C7H14.CH5N/c1-4-7(5-2)6-3;1-2/h4,7H,1,5-6H2,2-3H3;2H2,1H3. The molecule has 0 bridgehead atoms. The highest BCUT2D eigenvalue weighted by molar-refractivity contribution is 4.75. The van der Waals surface area contributed by atoms with Crippen LogP contribution in [0.25, 0.3) is 0 Å². The van der Waals surface area contributed by atoms with Crippen LogP contribution in [0.4, 0.5) is 0 Å². The molecular weight excluding hydrogens is 110 g/mol. The maximum absolute atomic E-state index is 4.50. The maximum Gasteiger partial charge on any atom is -0.0195 e. The number of nitrogens with two attached hydrogens (primary N) is 1. The molecule has 0 rings (SSSR count). The Hall–Kier alpha value is -0.300. The summed E-state index contributed by atoms with van der Waals surface area (Å²) in [5.41, 5.74) is 4.50. The molecule has 0 radical (unpaired) electrons. The van der Waals surface area contributed by atoms with Gasteiger partial charge in [-0.2, -0.15) is 0 Å². The van der Waals surface area contributed by atoms with Crippen LogP contribution in [0.2, 0.25) is 0 Å². The van der Waals surface area contributed by atoms with Crippen LogP contribution in [0.5, 0.6) is 0 Å². The molecule has 0 saturated carbocycles. The molecule has 0 aliphatic rings. The number of allylic oxidation sites excluding steroid dienone is 1. The molecule has 2 N–H and O–H groups in total. The first-order valence-corrected chi connectivity index (χ1v) is 3.55. The molecule has 0 unspecified atom stereocenters. The third kappa shape index (κ3) is 7.70. The van der Waals surface area contributed by atoms with Gasteiger partial charge in [-0.05, 0) is 25.8 Å². The highest BCUT2D eigenvalue weighted by Crippen LogP contribution is 2.06. The van der Waals surface area contributed by atoms with Gasteiger partial charge in [0.1, 0.15) is 0 Å². The minimum absolute atomic E-state index is 0.750. The van der Waals surface area contributed by atoms with E-state index in [1.165, 1.54) is 19.9 Å². The molecule has 0 aliphatic carbocycles. The third-order valence-corrected chi connectivity index (χ3v) is 1.38. The third-order valence-electron chi connectivity index (χ3n) is 1.38. The molecular formula is C8H19N. The van der Waals surface area contributed by atoms with E-state index < -0.39 is 0 Å². The first-order chi connectivity index (χ1) is 4.35. The molecule has 0 amide bonds. The molecule has 0 aliphatic heterocycles. The van der Waals surface area contributed by atoms with Crippen molar-refractivity contribution in [1.82, 2.24) is 0 Å². The summed E-state index contributed by atoms with van der Waals surface area (Å²) in [5.74, 6) is 0.750. The second-order valence-corrected chi connectivity index (χ2v) is 1.81. The lowest BCUT2D eigenvalue weighted by atomic mass is 10.0. The fraction of sp³-hybridized carbons (Fsp3) is 0.750. The van der Waals surface area contributed by atoms with Gasteiger partial charge in [-0.25, -0.2) is 0 Å². The molecule has 0 heterocycles. The summed E-state index contributed by atoms with van der Waals surface area (Å²) in [7, 11) is 1.50. The molecule has 9 heavy (non-hydrogen) atoms. The zero-order chi connectivity index (χ0) is 7.70. The second-order valence-electron chi connectivity index (χ2n) is 1.81. The quantitative estimate of drug-likeness (QED) is 0.581. The zero-order valence-corrected chi connectivity index (χ0v) is 6.85. The average Bonchev–Trinajstić information content (AvgIpc) is 1.96. The smallest absolute Gasteiger partial charge is 0.0195 e. The summed E-state index contributed by atoms with van der Waals surface area (Å²) in [5, 5.41) is 0. The monoisotopic (exact) mass is 129 g/mol. The van der Waals surface area contributed by atoms with E-state index >= 15 is 0 Å². The van der Waals surface area contributed by atoms with Crippen molar-refractivity contribution in [3.05, 3.63) is 12.7 Å². The van der Waals surface area contributed by atoms with Crippen LogP contribution < -0.4 is 5.73 Å². The van der Waals surface area contributed by atoms with Crippen molar-refractivity contribution in [3.63, 3.8) is 0 Å². The topological polar surface area (TPSA) is 26.0 Å². The lowest BCUT2D eigenvalue weighted by Crippen LogP contribution is -1.87. The minimum Gasteiger partial charge on any atom is -0.333 e. The van der Waals surface area contributed by atoms with E-state index in [0.29, 0.717) is 0 Å². The zero-order valence-electron chi connectivity index (χ0n) is 6.85. The Morgan fingerprint density at radius 1 is 1.33 bits per heavy atom. The van der Waals surface area contributed by atoms with Crippen LogP contribution in [-0.4, -0.2) is 7.05 Å². The maximum atomic E-state index is 4.50. The van der Waals surface area contributed by atoms with Crippen LogP contribution in [0.15, 0.2) is 12.7 Å². The van der Waals surface area contributed by atoms with Gasteiger partial charge in [0.05, 0.1) is 0 Å². The lowest BCUT2D eigenvalue weighted by molar-refractivity contribution is 0.607. The Balaban J connectivity index is 0. The van der Waals surface area contributed by atoms with Crippen molar-refractivity contribution in [2.45, 2.75) is 26.7 Å². The first-order valence-electron chi connectivity index (χ1n) is 3.55. The Morgan fingerprint density at radius 3 is 1.67 bits per heavy atom. The van der Waals surface area contributed by atoms with Crippen LogP contribution in [-0.2, 0) is 0 Å². The fourth-order valence-electron chi connectivity index (χ4n) is 0.622. The van der Waals surface area contributed by atoms with E-state index in [2.05, 4.69) is 26.2 Å². The number of rotatable bonds is 3. The van der Waals surface area contributed by atoms with Gasteiger partial charge in [-0.15, -0.1) is 6.58 Å². The summed E-state index contributed by atoms with van der Waals surface area (Å²) < 4.78 is 0. The van der Waals surface area contributed by atoms with E-state index in [1.807, 2.05) is 6.08 Å². The lowest BCUT2D eigenvalue weighted by Gasteiger charge is -2.01. The van der Waals surface area contributed by atoms with Gasteiger partial charge in [-0.1, -0.05) is 19.9 Å². The predicted octanol–water partition coefficient (Wildman–Crippen LogP) is 2.18. The van der Waals surface area contributed by atoms with Crippen molar-refractivity contribution in [2.24, 2.45) is 11.7 Å². The van der Waals surface area contributed by atoms with Crippen molar-refractivity contribution in [1.29, 1.82) is 0 Å². The van der Waals surface area contributed by atoms with Crippen molar-refractivity contribution in [3.8, 4) is 0 Å². The second kappa shape index (κ2) is 10.6. The molecule has 1 heteroatoms. The Morgan fingerprint density at radius 2 is 1.67 bits per heavy atom. The normalized spacial score (nSPS) is 8.11. The molecule has 56 valence electrons. The van der Waals surface area contributed by atoms with Crippen LogP contribution in [0.1, 0.15) is 26.7 Å². The summed E-state index contributed by atoms with van der Waals surface area (Å²) in [6.07, 6.45) is 4.50. The van der Waals surface area contributed by atoms with Crippen LogP contribution in [0, 0.1) is 5.92 Å². The van der Waals surface area contributed by atoms with Gasteiger partial charge >= 0.3 is 0 Å². The fourth-order valence-corrected chi connectivity index (χ4v) is 0.622. The molecule has 0 saturated heterocycles. The Bertz CT molecular complexity index is 46.5. The molecule has 0 atom stereocenters. The summed E-state index contributed by atoms with van der Waals surface area (Å²) in [4.78, 5) is 0. The first kappa shape index (κ1) is 11.5. The van der Waals surface area contributed by atoms with Gasteiger partial charge in [0.15, 0.2) is 0 Å². The van der Waals surface area contributed by atoms with E-state index in [1.54, 1.807) is 0 Å². The summed E-state index contributed by atoms with van der Waals surface area (Å²) in [6.45, 7) is 8.08. The van der Waals surface area contributed by atoms with Gasteiger partial charge < -0.3 is 5.73 Å². The van der Waals surface area contributed by atoms with Crippen LogP contribution in [0.3, 0.4) is 0 Å². The van der Waals surface area contributed by atoms with Crippen LogP contribution >= 0.6 is 0 Å². The van der Waals surface area contributed by atoms with Gasteiger partial charge in [0, 0.05) is 0 Å². The van der Waals surface area contributed by atoms with Crippen molar-refractivity contribution in [2.75, 3.05) is 7.05 Å². The predicted molar refractivity (Wildman–Crippen MR) is 44.4 cm³/mol. The molecule has 0 aromatic rings. The van der Waals surface area contributed by atoms with Crippen molar-refractivity contribution < 1.29 is 0 Å². The number of hydrogen-bond donors (Lipinski definition) is 1. The Kier molecular flexibility index (Phi) is 13.6. The van der Waals surface area contributed by atoms with E-state index in [0.717, 1.165) is 5.92 Å². The summed E-state index contributed by atoms with van der Waals surface area (Å²) >= 11 is 0. The van der Waals surface area contributed by atoms with E-state index in [9.17, 15) is 0 Å². The molecule has 0 spiro atoms. The van der Waals surface area contributed by atoms with Gasteiger partial charge in [0.25, 0.3) is 0 Å². The average molecular weight is 129 g/mol. The van der Waals surface area contributed by atoms with E-state index in [4.69, 9.17) is 0 Å². The van der Waals surface area contributed by atoms with E-state index in [-0.39, 0.29) is 0 Å². The van der Waals surface area contributed by atoms with Gasteiger partial charge in [0.2, 0.25) is 0 Å². The SMILES string of the molecule is C=CC(CC)CC.CN.